The summed E-state index contributed by atoms with van der Waals surface area (Å²) in [6.07, 6.45) is -4.74. The van der Waals surface area contributed by atoms with Crippen molar-refractivity contribution in [2.75, 3.05) is 7.11 Å². The molecule has 12 heteroatoms. The van der Waals surface area contributed by atoms with Gasteiger partial charge in [-0.15, -0.1) is 0 Å². The molecule has 1 unspecified atom stereocenters. The number of benzene rings is 1. The molecule has 1 N–H and O–H groups in total. The zero-order chi connectivity index (χ0) is 20.4. The minimum absolute atomic E-state index is 0.00594. The zero-order valence-electron chi connectivity index (χ0n) is 13.4. The van der Waals surface area contributed by atoms with Crippen molar-refractivity contribution in [3.05, 3.63) is 57.3 Å². The normalized spacial score (nSPS) is 13.4. The Morgan fingerprint density at radius 1 is 1.26 bits per heavy atom. The number of halogens is 5. The summed E-state index contributed by atoms with van der Waals surface area (Å²) < 4.78 is 71.0. The molecular formula is C15H11Cl2F3N2O4S. The molecule has 0 aliphatic carbocycles. The number of nitrogens with one attached hydrogen (secondary N) is 1. The fourth-order valence-corrected chi connectivity index (χ4v) is 3.66. The van der Waals surface area contributed by atoms with Crippen LogP contribution in [-0.2, 0) is 20.9 Å². The third-order valence-electron chi connectivity index (χ3n) is 3.36. The Kier molecular flexibility index (Phi) is 6.48. The van der Waals surface area contributed by atoms with Crippen molar-refractivity contribution >= 4 is 39.5 Å². The predicted octanol–water partition coefficient (Wildman–Crippen LogP) is 3.84. The van der Waals surface area contributed by atoms with Gasteiger partial charge in [0.2, 0.25) is 10.0 Å². The minimum Gasteiger partial charge on any atom is -0.361 e. The van der Waals surface area contributed by atoms with Crippen LogP contribution in [0.5, 0.6) is 0 Å². The number of nitrogens with zero attached hydrogens (tertiary/aromatic N) is 1. The number of aromatic nitrogens is 1. The molecule has 146 valence electrons. The lowest BCUT2D eigenvalue weighted by Crippen LogP contribution is -2.31. The molecule has 0 saturated carbocycles. The van der Waals surface area contributed by atoms with Gasteiger partial charge in [-0.1, -0.05) is 23.2 Å². The molecule has 0 amide bonds. The molecule has 0 aliphatic heterocycles. The number of hydrogen-bond acceptors (Lipinski definition) is 5. The van der Waals surface area contributed by atoms with Gasteiger partial charge in [0.1, 0.15) is 11.9 Å². The Hall–Kier alpha value is -1.72. The van der Waals surface area contributed by atoms with Gasteiger partial charge in [-0.3, -0.25) is 9.78 Å². The molecule has 1 aromatic heterocycles. The summed E-state index contributed by atoms with van der Waals surface area (Å²) in [5, 5.41) is -0.547. The molecule has 0 bridgehead atoms. The van der Waals surface area contributed by atoms with Crippen molar-refractivity contribution in [2.24, 2.45) is 0 Å². The number of hydrogen-bond donors (Lipinski definition) is 1. The van der Waals surface area contributed by atoms with Crippen molar-refractivity contribution in [3.63, 3.8) is 0 Å². The van der Waals surface area contributed by atoms with E-state index in [1.54, 1.807) is 0 Å². The van der Waals surface area contributed by atoms with Crippen molar-refractivity contribution < 1.29 is 31.1 Å². The Balaban J connectivity index is 2.46. The van der Waals surface area contributed by atoms with E-state index >= 15 is 0 Å². The lowest BCUT2D eigenvalue weighted by molar-refractivity contribution is -0.137. The van der Waals surface area contributed by atoms with Crippen LogP contribution in [0.3, 0.4) is 0 Å². The molecule has 0 saturated heterocycles. The van der Waals surface area contributed by atoms with Gasteiger partial charge in [0.15, 0.2) is 6.29 Å². The summed E-state index contributed by atoms with van der Waals surface area (Å²) in [6.45, 7) is 0. The van der Waals surface area contributed by atoms with Crippen molar-refractivity contribution in [3.8, 4) is 0 Å². The molecule has 0 fully saturated rings. The maximum atomic E-state index is 13.0. The number of ether oxygens (including phenoxy) is 1. The van der Waals surface area contributed by atoms with Crippen LogP contribution in [0.1, 0.15) is 27.8 Å². The van der Waals surface area contributed by atoms with Crippen LogP contribution >= 0.6 is 23.2 Å². The molecular weight excluding hydrogens is 432 g/mol. The second-order valence-corrected chi connectivity index (χ2v) is 7.68. The van der Waals surface area contributed by atoms with Crippen molar-refractivity contribution in [2.45, 2.75) is 17.3 Å². The van der Waals surface area contributed by atoms with E-state index in [0.29, 0.717) is 12.4 Å². The van der Waals surface area contributed by atoms with E-state index in [2.05, 4.69) is 9.71 Å². The molecule has 1 heterocycles. The van der Waals surface area contributed by atoms with E-state index in [0.717, 1.165) is 19.2 Å². The number of methoxy groups -OCH3 is 1. The number of carbonyl (C=O) groups is 1. The number of carbonyl (C=O) groups excluding carboxylic acids is 1. The van der Waals surface area contributed by atoms with E-state index in [4.69, 9.17) is 27.9 Å². The fourth-order valence-electron chi connectivity index (χ4n) is 2.11. The Bertz CT molecular complexity index is 968. The van der Waals surface area contributed by atoms with Gasteiger partial charge in [0.05, 0.1) is 20.5 Å². The van der Waals surface area contributed by atoms with Gasteiger partial charge < -0.3 is 4.74 Å². The van der Waals surface area contributed by atoms with Crippen molar-refractivity contribution in [1.29, 1.82) is 0 Å². The van der Waals surface area contributed by atoms with Crippen LogP contribution in [0.2, 0.25) is 10.0 Å². The molecule has 0 radical (unpaired) electrons. The Labute approximate surface area is 162 Å². The maximum Gasteiger partial charge on any atom is 0.417 e. The second kappa shape index (κ2) is 8.11. The van der Waals surface area contributed by atoms with E-state index in [1.165, 1.54) is 12.3 Å². The van der Waals surface area contributed by atoms with Crippen LogP contribution in [0.4, 0.5) is 13.2 Å². The largest absolute Gasteiger partial charge is 0.417 e. The summed E-state index contributed by atoms with van der Waals surface area (Å²) in [4.78, 5) is 14.2. The molecule has 1 atom stereocenters. The first kappa shape index (κ1) is 21.6. The van der Waals surface area contributed by atoms with Crippen LogP contribution < -0.4 is 4.72 Å². The quantitative estimate of drug-likeness (QED) is 0.542. The van der Waals surface area contributed by atoms with Crippen LogP contribution in [0.15, 0.2) is 35.4 Å². The second-order valence-electron chi connectivity index (χ2n) is 5.12. The summed E-state index contributed by atoms with van der Waals surface area (Å²) in [5.74, 6) is 0. The lowest BCUT2D eigenvalue weighted by atomic mass is 10.2. The highest BCUT2D eigenvalue weighted by Crippen LogP contribution is 2.36. The maximum absolute atomic E-state index is 13.0. The van der Waals surface area contributed by atoms with Gasteiger partial charge in [-0.2, -0.15) is 17.9 Å². The van der Waals surface area contributed by atoms with Gasteiger partial charge in [-0.25, -0.2) is 8.42 Å². The highest BCUT2D eigenvalue weighted by atomic mass is 35.5. The minimum atomic E-state index is -4.84. The number of aldehydes is 1. The SMILES string of the molecule is COC(NS(=O)(=O)c1ccc(Cl)c(C(F)(F)F)c1)c1cc(Cl)cnc1C=O. The van der Waals surface area contributed by atoms with Crippen LogP contribution in [0.25, 0.3) is 0 Å². The molecule has 1 aromatic carbocycles. The van der Waals surface area contributed by atoms with Crippen molar-refractivity contribution in [1.82, 2.24) is 9.71 Å². The summed E-state index contributed by atoms with van der Waals surface area (Å²) >= 11 is 11.3. The van der Waals surface area contributed by atoms with Crippen LogP contribution in [0, 0.1) is 0 Å². The third kappa shape index (κ3) is 4.96. The highest BCUT2D eigenvalue weighted by molar-refractivity contribution is 7.89. The number of alkyl halides is 3. The van der Waals surface area contributed by atoms with Crippen LogP contribution in [-0.4, -0.2) is 26.8 Å². The predicted molar refractivity (Wildman–Crippen MR) is 91.2 cm³/mol. The monoisotopic (exact) mass is 442 g/mol. The molecule has 27 heavy (non-hydrogen) atoms. The molecule has 2 rings (SSSR count). The topological polar surface area (TPSA) is 85.4 Å². The lowest BCUT2D eigenvalue weighted by Gasteiger charge is -2.19. The van der Waals surface area contributed by atoms with Gasteiger partial charge in [0.25, 0.3) is 0 Å². The molecule has 6 nitrogen and oxygen atoms in total. The average Bonchev–Trinajstić information content (AvgIpc) is 2.58. The summed E-state index contributed by atoms with van der Waals surface area (Å²) in [6, 6.07) is 3.37. The van der Waals surface area contributed by atoms with E-state index in [-0.39, 0.29) is 16.3 Å². The first-order chi connectivity index (χ1) is 12.5. The smallest absolute Gasteiger partial charge is 0.361 e. The first-order valence-electron chi connectivity index (χ1n) is 7.02. The third-order valence-corrected chi connectivity index (χ3v) is 5.30. The molecule has 0 aliphatic rings. The molecule has 0 spiro atoms. The summed E-state index contributed by atoms with van der Waals surface area (Å²) in [5.41, 5.74) is -1.46. The van der Waals surface area contributed by atoms with E-state index in [9.17, 15) is 26.4 Å². The fraction of sp³-hybridized carbons (Fsp3) is 0.200. The number of rotatable bonds is 6. The molecule has 2 aromatic rings. The average molecular weight is 443 g/mol. The van der Waals surface area contributed by atoms with Gasteiger partial charge >= 0.3 is 6.18 Å². The Morgan fingerprint density at radius 3 is 2.48 bits per heavy atom. The Morgan fingerprint density at radius 2 is 1.93 bits per heavy atom. The van der Waals surface area contributed by atoms with E-state index in [1.807, 2.05) is 0 Å². The zero-order valence-corrected chi connectivity index (χ0v) is 15.7. The van der Waals surface area contributed by atoms with Gasteiger partial charge in [-0.05, 0) is 24.3 Å². The number of pyridine rings is 1. The highest BCUT2D eigenvalue weighted by Gasteiger charge is 2.35. The number of sulfonamides is 1. The first-order valence-corrected chi connectivity index (χ1v) is 9.26. The van der Waals surface area contributed by atoms with E-state index < -0.39 is 37.9 Å². The van der Waals surface area contributed by atoms with Gasteiger partial charge in [0, 0.05) is 18.9 Å². The standard InChI is InChI=1S/C15H11Cl2F3N2O4S/c1-26-14(10-4-8(16)6-21-13(10)7-23)22-27(24,25)9-2-3-12(17)11(5-9)15(18,19)20/h2-7,14,22H,1H3. The summed E-state index contributed by atoms with van der Waals surface area (Å²) in [7, 11) is -3.35.